The van der Waals surface area contributed by atoms with Gasteiger partial charge in [-0.1, -0.05) is 30.3 Å². The van der Waals surface area contributed by atoms with Crippen molar-refractivity contribution in [2.24, 2.45) is 0 Å². The molecular formula is C15H15N3O3. The van der Waals surface area contributed by atoms with E-state index < -0.39 is 18.0 Å². The maximum Gasteiger partial charge on any atom is 0.330 e. The van der Waals surface area contributed by atoms with Crippen LogP contribution >= 0.6 is 0 Å². The number of rotatable bonds is 5. The molecule has 0 aliphatic rings. The van der Waals surface area contributed by atoms with E-state index >= 15 is 0 Å². The maximum atomic E-state index is 11.8. The minimum atomic E-state index is -1.11. The Labute approximate surface area is 121 Å². The number of pyridine rings is 1. The van der Waals surface area contributed by atoms with Crippen LogP contribution in [0.2, 0.25) is 0 Å². The van der Waals surface area contributed by atoms with Crippen LogP contribution in [-0.2, 0) is 11.3 Å². The largest absolute Gasteiger partial charge is 0.479 e. The SMILES string of the molecule is O=C(NCc1ccncc1)NC(C(=O)O)c1ccccc1. The van der Waals surface area contributed by atoms with Crippen molar-refractivity contribution in [3.8, 4) is 0 Å². The zero-order valence-electron chi connectivity index (χ0n) is 11.2. The van der Waals surface area contributed by atoms with E-state index in [0.717, 1.165) is 5.56 Å². The predicted octanol–water partition coefficient (Wildman–Crippen LogP) is 1.71. The number of hydrogen-bond acceptors (Lipinski definition) is 3. The molecule has 0 aliphatic carbocycles. The Morgan fingerprint density at radius 2 is 1.76 bits per heavy atom. The smallest absolute Gasteiger partial charge is 0.330 e. The van der Waals surface area contributed by atoms with Crippen LogP contribution in [-0.4, -0.2) is 22.1 Å². The highest BCUT2D eigenvalue weighted by Gasteiger charge is 2.21. The first-order chi connectivity index (χ1) is 10.2. The zero-order chi connectivity index (χ0) is 15.1. The van der Waals surface area contributed by atoms with Crippen molar-refractivity contribution < 1.29 is 14.7 Å². The van der Waals surface area contributed by atoms with Gasteiger partial charge in [0, 0.05) is 18.9 Å². The fraction of sp³-hybridized carbons (Fsp3) is 0.133. The fourth-order valence-electron chi connectivity index (χ4n) is 1.80. The van der Waals surface area contributed by atoms with Gasteiger partial charge in [0.15, 0.2) is 6.04 Å². The quantitative estimate of drug-likeness (QED) is 0.780. The van der Waals surface area contributed by atoms with E-state index in [2.05, 4.69) is 15.6 Å². The van der Waals surface area contributed by atoms with E-state index in [1.54, 1.807) is 54.9 Å². The Hall–Kier alpha value is -2.89. The molecule has 0 aliphatic heterocycles. The molecule has 0 radical (unpaired) electrons. The Bertz CT molecular complexity index is 602. The van der Waals surface area contributed by atoms with Crippen LogP contribution in [0.4, 0.5) is 4.79 Å². The van der Waals surface area contributed by atoms with Gasteiger partial charge in [-0.15, -0.1) is 0 Å². The number of nitrogens with one attached hydrogen (secondary N) is 2. The molecule has 21 heavy (non-hydrogen) atoms. The summed E-state index contributed by atoms with van der Waals surface area (Å²) in [6.45, 7) is 0.301. The fourth-order valence-corrected chi connectivity index (χ4v) is 1.80. The van der Waals surface area contributed by atoms with Crippen molar-refractivity contribution in [2.45, 2.75) is 12.6 Å². The summed E-state index contributed by atoms with van der Waals surface area (Å²) in [6, 6.07) is 10.5. The average Bonchev–Trinajstić information content (AvgIpc) is 2.52. The van der Waals surface area contributed by atoms with Crippen LogP contribution < -0.4 is 10.6 Å². The third-order valence-electron chi connectivity index (χ3n) is 2.86. The summed E-state index contributed by atoms with van der Waals surface area (Å²) in [5.41, 5.74) is 1.40. The summed E-state index contributed by atoms with van der Waals surface area (Å²) < 4.78 is 0. The van der Waals surface area contributed by atoms with Crippen LogP contribution in [0, 0.1) is 0 Å². The summed E-state index contributed by atoms with van der Waals surface area (Å²) >= 11 is 0. The molecule has 3 N–H and O–H groups in total. The summed E-state index contributed by atoms with van der Waals surface area (Å²) in [4.78, 5) is 26.9. The Morgan fingerprint density at radius 1 is 1.10 bits per heavy atom. The van der Waals surface area contributed by atoms with Gasteiger partial charge in [-0.3, -0.25) is 4.98 Å². The standard InChI is InChI=1S/C15H15N3O3/c19-14(20)13(12-4-2-1-3-5-12)18-15(21)17-10-11-6-8-16-9-7-11/h1-9,13H,10H2,(H,19,20)(H2,17,18,21). The second kappa shape index (κ2) is 7.04. The lowest BCUT2D eigenvalue weighted by atomic mass is 10.1. The molecule has 1 unspecified atom stereocenters. The van der Waals surface area contributed by atoms with Crippen LogP contribution in [0.25, 0.3) is 0 Å². The third kappa shape index (κ3) is 4.31. The number of carbonyl (C=O) groups excluding carboxylic acids is 1. The normalized spacial score (nSPS) is 11.4. The molecule has 1 aromatic carbocycles. The van der Waals surface area contributed by atoms with Crippen molar-refractivity contribution in [1.82, 2.24) is 15.6 Å². The van der Waals surface area contributed by atoms with Gasteiger partial charge in [-0.25, -0.2) is 9.59 Å². The highest BCUT2D eigenvalue weighted by atomic mass is 16.4. The van der Waals surface area contributed by atoms with Crippen LogP contribution in [0.5, 0.6) is 0 Å². The van der Waals surface area contributed by atoms with Crippen molar-refractivity contribution >= 4 is 12.0 Å². The topological polar surface area (TPSA) is 91.3 Å². The van der Waals surface area contributed by atoms with Gasteiger partial charge in [0.1, 0.15) is 0 Å². The van der Waals surface area contributed by atoms with Crippen LogP contribution in [0.15, 0.2) is 54.9 Å². The predicted molar refractivity (Wildman–Crippen MR) is 76.4 cm³/mol. The molecule has 0 spiro atoms. The molecule has 6 heteroatoms. The number of aromatic nitrogens is 1. The van der Waals surface area contributed by atoms with E-state index in [9.17, 15) is 14.7 Å². The number of amides is 2. The number of nitrogens with zero attached hydrogens (tertiary/aromatic N) is 1. The molecule has 2 aromatic rings. The Morgan fingerprint density at radius 3 is 2.38 bits per heavy atom. The van der Waals surface area contributed by atoms with E-state index in [0.29, 0.717) is 12.1 Å². The number of carbonyl (C=O) groups is 2. The first-order valence-corrected chi connectivity index (χ1v) is 6.38. The first-order valence-electron chi connectivity index (χ1n) is 6.38. The first kappa shape index (κ1) is 14.5. The highest BCUT2D eigenvalue weighted by molar-refractivity contribution is 5.83. The van der Waals surface area contributed by atoms with Gasteiger partial charge in [0.05, 0.1) is 0 Å². The molecule has 1 aromatic heterocycles. The average molecular weight is 285 g/mol. The van der Waals surface area contributed by atoms with Gasteiger partial charge >= 0.3 is 12.0 Å². The van der Waals surface area contributed by atoms with Gasteiger partial charge in [0.2, 0.25) is 0 Å². The second-order valence-electron chi connectivity index (χ2n) is 4.36. The Kier molecular flexibility index (Phi) is 4.87. The molecule has 2 rings (SSSR count). The molecular weight excluding hydrogens is 270 g/mol. The monoisotopic (exact) mass is 285 g/mol. The highest BCUT2D eigenvalue weighted by Crippen LogP contribution is 2.12. The van der Waals surface area contributed by atoms with Crippen molar-refractivity contribution in [3.05, 3.63) is 66.0 Å². The molecule has 0 saturated carbocycles. The number of carboxylic acids is 1. The zero-order valence-corrected chi connectivity index (χ0v) is 11.2. The van der Waals surface area contributed by atoms with Gasteiger partial charge in [-0.05, 0) is 23.3 Å². The van der Waals surface area contributed by atoms with Crippen molar-refractivity contribution in [3.63, 3.8) is 0 Å². The second-order valence-corrected chi connectivity index (χ2v) is 4.36. The molecule has 0 bridgehead atoms. The summed E-state index contributed by atoms with van der Waals surface area (Å²) in [6.07, 6.45) is 3.25. The van der Waals surface area contributed by atoms with Gasteiger partial charge < -0.3 is 15.7 Å². The van der Waals surface area contributed by atoms with Crippen molar-refractivity contribution in [1.29, 1.82) is 0 Å². The minimum Gasteiger partial charge on any atom is -0.479 e. The number of aliphatic carboxylic acids is 1. The molecule has 1 atom stereocenters. The number of hydrogen-bond donors (Lipinski definition) is 3. The van der Waals surface area contributed by atoms with Crippen molar-refractivity contribution in [2.75, 3.05) is 0 Å². The van der Waals surface area contributed by atoms with Gasteiger partial charge in [-0.2, -0.15) is 0 Å². The maximum absolute atomic E-state index is 11.8. The number of carboxylic acid groups (broad SMARTS) is 1. The number of benzene rings is 1. The lowest BCUT2D eigenvalue weighted by Crippen LogP contribution is -2.40. The molecule has 0 saturated heterocycles. The van der Waals surface area contributed by atoms with E-state index in [-0.39, 0.29) is 0 Å². The van der Waals surface area contributed by atoms with E-state index in [1.807, 2.05) is 0 Å². The Balaban J connectivity index is 1.95. The molecule has 108 valence electrons. The van der Waals surface area contributed by atoms with E-state index in [4.69, 9.17) is 0 Å². The lowest BCUT2D eigenvalue weighted by Gasteiger charge is -2.15. The third-order valence-corrected chi connectivity index (χ3v) is 2.86. The molecule has 2 amide bonds. The molecule has 6 nitrogen and oxygen atoms in total. The summed E-state index contributed by atoms with van der Waals surface area (Å²) in [5, 5.41) is 14.3. The van der Waals surface area contributed by atoms with Crippen LogP contribution in [0.1, 0.15) is 17.2 Å². The summed E-state index contributed by atoms with van der Waals surface area (Å²) in [5.74, 6) is -1.11. The minimum absolute atomic E-state index is 0.301. The molecule has 0 fully saturated rings. The lowest BCUT2D eigenvalue weighted by molar-refractivity contribution is -0.139. The van der Waals surface area contributed by atoms with E-state index in [1.165, 1.54) is 0 Å². The number of urea groups is 1. The van der Waals surface area contributed by atoms with Crippen LogP contribution in [0.3, 0.4) is 0 Å². The van der Waals surface area contributed by atoms with Gasteiger partial charge in [0.25, 0.3) is 0 Å². The molecule has 1 heterocycles. The summed E-state index contributed by atoms with van der Waals surface area (Å²) in [7, 11) is 0.